The van der Waals surface area contributed by atoms with E-state index >= 15 is 0 Å². The Hall–Kier alpha value is -7.35. The van der Waals surface area contributed by atoms with E-state index in [2.05, 4.69) is 67.1 Å². The van der Waals surface area contributed by atoms with Gasteiger partial charge < -0.3 is 40.7 Å². The second kappa shape index (κ2) is 16.5. The van der Waals surface area contributed by atoms with Crippen LogP contribution in [0.15, 0.2) is 120 Å². The fourth-order valence-electron chi connectivity index (χ4n) is 10.5. The number of hydrogen-bond donors (Lipinski definition) is 4. The third-order valence-corrected chi connectivity index (χ3v) is 17.2. The lowest BCUT2D eigenvalue weighted by molar-refractivity contribution is -0.132. The van der Waals surface area contributed by atoms with Crippen LogP contribution in [0.2, 0.25) is 13.1 Å². The number of nitrogen functional groups attached to an aromatic ring is 1. The maximum Gasteiger partial charge on any atom is 0.340 e. The number of amides is 1. The highest BCUT2D eigenvalue weighted by molar-refractivity contribution is 6.98. The first-order valence-electron chi connectivity index (χ1n) is 22.6. The summed E-state index contributed by atoms with van der Waals surface area (Å²) in [5.41, 5.74) is 15.4. The molecule has 338 valence electrons. The minimum atomic E-state index is -2.10. The Morgan fingerprint density at radius 3 is 2.07 bits per heavy atom. The smallest absolute Gasteiger partial charge is 0.340 e. The van der Waals surface area contributed by atoms with Gasteiger partial charge in [-0.15, -0.1) is 0 Å². The SMILES string of the molecule is CC(=O)Oc1ccc2c(c1)Oc1cc(OC(C)=O)ccc1C21OC(=O)c2cc(C(=O)NC3CCC(NCc4ccc(C5=C6C=CC(=N)C=C6[Si](C)(C)c6cc(N)ccc65)c(C)c4)CC3)ccc21. The van der Waals surface area contributed by atoms with E-state index in [4.69, 9.17) is 30.1 Å². The number of fused-ring (bicyclic) bond motifs is 8. The molecule has 1 saturated carbocycles. The van der Waals surface area contributed by atoms with Crippen molar-refractivity contribution in [2.75, 3.05) is 5.73 Å². The van der Waals surface area contributed by atoms with Crippen molar-refractivity contribution in [3.63, 3.8) is 0 Å². The minimum Gasteiger partial charge on any atom is -0.456 e. The van der Waals surface area contributed by atoms with Crippen LogP contribution < -0.4 is 35.8 Å². The number of nitrogens with one attached hydrogen (secondary N) is 3. The van der Waals surface area contributed by atoms with Crippen LogP contribution in [0.25, 0.3) is 5.57 Å². The van der Waals surface area contributed by atoms with Crippen LogP contribution >= 0.6 is 0 Å². The van der Waals surface area contributed by atoms with Gasteiger partial charge in [-0.05, 0) is 137 Å². The van der Waals surface area contributed by atoms with Gasteiger partial charge in [0.1, 0.15) is 31.1 Å². The molecule has 5 aromatic carbocycles. The first-order valence-corrected chi connectivity index (χ1v) is 25.6. The molecule has 5 aliphatic rings. The molecule has 0 saturated heterocycles. The van der Waals surface area contributed by atoms with Crippen LogP contribution in [0.5, 0.6) is 23.0 Å². The number of allylic oxidation sites excluding steroid dienone is 5. The van der Waals surface area contributed by atoms with Crippen molar-refractivity contribution >= 4 is 54.0 Å². The van der Waals surface area contributed by atoms with Crippen molar-refractivity contribution in [2.45, 2.75) is 83.8 Å². The second-order valence-corrected chi connectivity index (χ2v) is 22.9. The lowest BCUT2D eigenvalue weighted by Gasteiger charge is -2.38. The topological polar surface area (TPSA) is 179 Å². The van der Waals surface area contributed by atoms with Gasteiger partial charge >= 0.3 is 17.9 Å². The lowest BCUT2D eigenvalue weighted by atomic mass is 9.77. The Morgan fingerprint density at radius 1 is 0.776 bits per heavy atom. The van der Waals surface area contributed by atoms with Gasteiger partial charge in [0, 0.05) is 72.5 Å². The summed E-state index contributed by atoms with van der Waals surface area (Å²) in [5.74, 6) is -0.891. The zero-order chi connectivity index (χ0) is 46.9. The predicted octanol–water partition coefficient (Wildman–Crippen LogP) is 8.61. The molecule has 13 heteroatoms. The normalized spacial score (nSPS) is 19.1. The molecular formula is C54H50N4O8Si. The molecule has 0 radical (unpaired) electrons. The Bertz CT molecular complexity index is 3040. The number of rotatable bonds is 8. The summed E-state index contributed by atoms with van der Waals surface area (Å²) in [6, 6.07) is 27.9. The molecule has 12 nitrogen and oxygen atoms in total. The average molecular weight is 911 g/mol. The fraction of sp³-hybridized carbons (Fsp3) is 0.241. The van der Waals surface area contributed by atoms with Gasteiger partial charge in [-0.1, -0.05) is 49.5 Å². The van der Waals surface area contributed by atoms with Crippen LogP contribution in [-0.2, 0) is 26.5 Å². The van der Waals surface area contributed by atoms with E-state index in [-0.39, 0.29) is 40.5 Å². The monoisotopic (exact) mass is 910 g/mol. The Morgan fingerprint density at radius 2 is 1.42 bits per heavy atom. The Labute approximate surface area is 389 Å². The maximum atomic E-state index is 13.8. The molecule has 0 atom stereocenters. The van der Waals surface area contributed by atoms with Gasteiger partial charge in [-0.3, -0.25) is 14.4 Å². The van der Waals surface area contributed by atoms with Gasteiger partial charge in [0.2, 0.25) is 0 Å². The van der Waals surface area contributed by atoms with Crippen molar-refractivity contribution in [1.82, 2.24) is 10.6 Å². The molecule has 3 aliphatic heterocycles. The summed E-state index contributed by atoms with van der Waals surface area (Å²) >= 11 is 0. The minimum absolute atomic E-state index is 0.0292. The highest BCUT2D eigenvalue weighted by Crippen LogP contribution is 2.57. The molecule has 2 aliphatic carbocycles. The third-order valence-electron chi connectivity index (χ3n) is 13.7. The zero-order valence-corrected chi connectivity index (χ0v) is 38.9. The number of anilines is 1. The standard InChI is InChI=1S/C54H50N4O8Si/c1-29-22-32(6-16-40(29)51-41-17-8-34(55)24-49(41)67(4,5)50-25-35(56)9-18-42(50)51)28-57-36-10-12-37(13-11-36)58-52(61)33-7-19-44-43(23-33)53(62)66-54(44)45-20-14-38(63-30(2)59)26-47(45)65-48-27-39(64-31(3)60)15-21-46(48)54/h6-9,14-27,36-37,55,57H,10-13,28,56H2,1-5H3,(H,58,61). The van der Waals surface area contributed by atoms with Gasteiger partial charge in [-0.2, -0.15) is 0 Å². The van der Waals surface area contributed by atoms with Crippen LogP contribution in [0, 0.1) is 12.3 Å². The van der Waals surface area contributed by atoms with Crippen LogP contribution in [-0.4, -0.2) is 49.7 Å². The molecule has 0 bridgehead atoms. The van der Waals surface area contributed by atoms with Crippen LogP contribution in [0.4, 0.5) is 5.69 Å². The second-order valence-electron chi connectivity index (χ2n) is 18.6. The number of carbonyl (C=O) groups excluding carboxylic acids is 4. The van der Waals surface area contributed by atoms with E-state index < -0.39 is 31.6 Å². The summed E-state index contributed by atoms with van der Waals surface area (Å²) in [7, 11) is -2.10. The quantitative estimate of drug-likeness (QED) is 0.0510. The average Bonchev–Trinajstić information content (AvgIpc) is 3.57. The lowest BCUT2D eigenvalue weighted by Crippen LogP contribution is -2.49. The molecule has 0 unspecified atom stereocenters. The van der Waals surface area contributed by atoms with E-state index in [1.807, 2.05) is 18.2 Å². The van der Waals surface area contributed by atoms with Crippen molar-refractivity contribution in [1.29, 1.82) is 5.41 Å². The van der Waals surface area contributed by atoms with Gasteiger partial charge in [0.25, 0.3) is 5.91 Å². The van der Waals surface area contributed by atoms with Gasteiger partial charge in [0.15, 0.2) is 5.60 Å². The summed E-state index contributed by atoms with van der Waals surface area (Å²) in [6.07, 6.45) is 9.45. The van der Waals surface area contributed by atoms with Crippen molar-refractivity contribution in [3.8, 4) is 23.0 Å². The number of benzene rings is 5. The fourth-order valence-corrected chi connectivity index (χ4v) is 13.6. The van der Waals surface area contributed by atoms with Crippen molar-refractivity contribution in [2.24, 2.45) is 0 Å². The first-order chi connectivity index (χ1) is 32.1. The number of carbonyl (C=O) groups is 4. The predicted molar refractivity (Wildman–Crippen MR) is 258 cm³/mol. The number of nitrogens with two attached hydrogens (primary N) is 1. The van der Waals surface area contributed by atoms with Gasteiger partial charge in [0.05, 0.1) is 11.3 Å². The van der Waals surface area contributed by atoms with E-state index in [9.17, 15) is 19.2 Å². The molecule has 1 fully saturated rings. The van der Waals surface area contributed by atoms with Gasteiger partial charge in [-0.25, -0.2) is 4.79 Å². The highest BCUT2D eigenvalue weighted by Gasteiger charge is 2.54. The first kappa shape index (κ1) is 43.5. The number of aryl methyl sites for hydroxylation is 1. The number of ether oxygens (including phenoxy) is 4. The zero-order valence-electron chi connectivity index (χ0n) is 37.9. The molecule has 5 aromatic rings. The molecule has 5 N–H and O–H groups in total. The summed E-state index contributed by atoms with van der Waals surface area (Å²) < 4.78 is 23.2. The van der Waals surface area contributed by atoms with E-state index in [1.165, 1.54) is 57.6 Å². The van der Waals surface area contributed by atoms with Crippen molar-refractivity contribution < 1.29 is 38.1 Å². The summed E-state index contributed by atoms with van der Waals surface area (Å²) in [4.78, 5) is 51.2. The highest BCUT2D eigenvalue weighted by atomic mass is 28.3. The van der Waals surface area contributed by atoms with E-state index in [0.29, 0.717) is 34.0 Å². The Balaban J connectivity index is 0.817. The molecule has 3 heterocycles. The summed E-state index contributed by atoms with van der Waals surface area (Å²) in [6.45, 7) is 10.2. The van der Waals surface area contributed by atoms with Crippen LogP contribution in [0.1, 0.15) is 99.2 Å². The van der Waals surface area contributed by atoms with E-state index in [0.717, 1.165) is 37.9 Å². The van der Waals surface area contributed by atoms with Crippen LogP contribution in [0.3, 0.4) is 0 Å². The molecular weight excluding hydrogens is 861 g/mol. The molecule has 67 heavy (non-hydrogen) atoms. The largest absolute Gasteiger partial charge is 0.456 e. The summed E-state index contributed by atoms with van der Waals surface area (Å²) in [5, 5.41) is 18.0. The number of hydrogen-bond acceptors (Lipinski definition) is 11. The molecule has 0 aromatic heterocycles. The third kappa shape index (κ3) is 7.67. The molecule has 10 rings (SSSR count). The maximum absolute atomic E-state index is 13.8. The Kier molecular flexibility index (Phi) is 10.7. The molecule has 1 amide bonds. The van der Waals surface area contributed by atoms with Crippen molar-refractivity contribution in [3.05, 3.63) is 170 Å². The molecule has 1 spiro atoms. The van der Waals surface area contributed by atoms with E-state index in [1.54, 1.807) is 54.6 Å². The number of esters is 3.